The summed E-state index contributed by atoms with van der Waals surface area (Å²) in [5, 5.41) is 0. The summed E-state index contributed by atoms with van der Waals surface area (Å²) in [7, 11) is 0. The van der Waals surface area contributed by atoms with Gasteiger partial charge in [-0.05, 0) is 77.0 Å². The Morgan fingerprint density at radius 3 is 1.91 bits per heavy atom. The molecule has 7 heteroatoms. The highest BCUT2D eigenvalue weighted by atomic mass is 16.7. The molecule has 0 aliphatic heterocycles. The molecule has 0 heterocycles. The van der Waals surface area contributed by atoms with E-state index in [1.165, 1.54) is 6.42 Å². The van der Waals surface area contributed by atoms with Crippen LogP contribution < -0.4 is 0 Å². The lowest BCUT2D eigenvalue weighted by Gasteiger charge is -2.60. The summed E-state index contributed by atoms with van der Waals surface area (Å²) in [5.74, 6) is 0.912. The molecule has 4 aliphatic rings. The molecule has 0 spiro atoms. The van der Waals surface area contributed by atoms with E-state index in [-0.39, 0.29) is 17.9 Å². The average molecular weight is 485 g/mol. The van der Waals surface area contributed by atoms with Crippen molar-refractivity contribution in [2.75, 3.05) is 39.6 Å². The SMILES string of the molecule is CCCCOCCOC(C)OC(=O)C12CC3CC(CC(OC(C)OCCOCCCC)(C3)C1)C2. The molecule has 0 N–H and O–H groups in total. The molecule has 4 fully saturated rings. The molecule has 0 aromatic carbocycles. The van der Waals surface area contributed by atoms with Gasteiger partial charge in [-0.2, -0.15) is 0 Å². The van der Waals surface area contributed by atoms with Gasteiger partial charge in [0, 0.05) is 13.2 Å². The van der Waals surface area contributed by atoms with Crippen molar-refractivity contribution in [1.29, 1.82) is 0 Å². The lowest BCUT2D eigenvalue weighted by atomic mass is 9.48. The molecule has 4 saturated carbocycles. The van der Waals surface area contributed by atoms with E-state index in [0.29, 0.717) is 38.3 Å². The van der Waals surface area contributed by atoms with Crippen molar-refractivity contribution in [1.82, 2.24) is 0 Å². The Hall–Kier alpha value is -0.730. The van der Waals surface area contributed by atoms with Crippen molar-refractivity contribution in [3.8, 4) is 0 Å². The summed E-state index contributed by atoms with van der Waals surface area (Å²) >= 11 is 0. The summed E-state index contributed by atoms with van der Waals surface area (Å²) in [5.41, 5.74) is -0.745. The van der Waals surface area contributed by atoms with Crippen molar-refractivity contribution >= 4 is 5.97 Å². The highest BCUT2D eigenvalue weighted by Gasteiger charge is 2.62. The summed E-state index contributed by atoms with van der Waals surface area (Å²) < 4.78 is 35.1. The summed E-state index contributed by atoms with van der Waals surface area (Å²) in [6.07, 6.45) is 9.25. The van der Waals surface area contributed by atoms with Crippen LogP contribution in [0.3, 0.4) is 0 Å². The molecule has 4 bridgehead atoms. The van der Waals surface area contributed by atoms with E-state index in [9.17, 15) is 4.79 Å². The second kappa shape index (κ2) is 13.5. The Bertz CT molecular complexity index is 596. The molecule has 0 aromatic rings. The number of esters is 1. The molecule has 4 aliphatic carbocycles. The van der Waals surface area contributed by atoms with Gasteiger partial charge >= 0.3 is 5.97 Å². The van der Waals surface area contributed by atoms with Crippen LogP contribution in [0.5, 0.6) is 0 Å². The highest BCUT2D eigenvalue weighted by Crippen LogP contribution is 2.63. The van der Waals surface area contributed by atoms with Crippen LogP contribution in [-0.2, 0) is 33.2 Å². The lowest BCUT2D eigenvalue weighted by Crippen LogP contribution is -2.60. The molecule has 4 rings (SSSR count). The van der Waals surface area contributed by atoms with Crippen LogP contribution in [0.25, 0.3) is 0 Å². The summed E-state index contributed by atoms with van der Waals surface area (Å²) in [6.45, 7) is 11.7. The first-order valence-corrected chi connectivity index (χ1v) is 13.7. The second-order valence-corrected chi connectivity index (χ2v) is 10.8. The third-order valence-electron chi connectivity index (χ3n) is 7.57. The molecular weight excluding hydrogens is 436 g/mol. The van der Waals surface area contributed by atoms with Gasteiger partial charge in [0.15, 0.2) is 12.6 Å². The van der Waals surface area contributed by atoms with Crippen molar-refractivity contribution < 1.29 is 33.2 Å². The zero-order valence-electron chi connectivity index (χ0n) is 22.0. The third kappa shape index (κ3) is 7.89. The van der Waals surface area contributed by atoms with Gasteiger partial charge < -0.3 is 28.4 Å². The zero-order chi connectivity index (χ0) is 24.4. The largest absolute Gasteiger partial charge is 0.436 e. The molecule has 0 amide bonds. The number of carbonyl (C=O) groups is 1. The predicted octanol–water partition coefficient (Wildman–Crippen LogP) is 5.24. The van der Waals surface area contributed by atoms with Crippen molar-refractivity contribution in [3.63, 3.8) is 0 Å². The first-order chi connectivity index (χ1) is 16.4. The minimum atomic E-state index is -0.567. The highest BCUT2D eigenvalue weighted by molar-refractivity contribution is 5.78. The van der Waals surface area contributed by atoms with Crippen molar-refractivity contribution in [2.24, 2.45) is 17.3 Å². The van der Waals surface area contributed by atoms with Gasteiger partial charge in [-0.3, -0.25) is 4.79 Å². The van der Waals surface area contributed by atoms with Gasteiger partial charge in [0.25, 0.3) is 0 Å². The minimum Gasteiger partial charge on any atom is -0.436 e. The molecule has 7 nitrogen and oxygen atoms in total. The summed E-state index contributed by atoms with van der Waals surface area (Å²) in [6, 6.07) is 0. The van der Waals surface area contributed by atoms with E-state index in [0.717, 1.165) is 71.0 Å². The van der Waals surface area contributed by atoms with E-state index in [1.54, 1.807) is 6.92 Å². The minimum absolute atomic E-state index is 0.119. The summed E-state index contributed by atoms with van der Waals surface area (Å²) in [4.78, 5) is 13.4. The Labute approximate surface area is 206 Å². The van der Waals surface area contributed by atoms with Gasteiger partial charge in [-0.15, -0.1) is 0 Å². The maximum atomic E-state index is 13.4. The van der Waals surface area contributed by atoms with Crippen LogP contribution in [0.15, 0.2) is 0 Å². The van der Waals surface area contributed by atoms with E-state index >= 15 is 0 Å². The molecule has 0 radical (unpaired) electrons. The van der Waals surface area contributed by atoms with Gasteiger partial charge in [0.05, 0.1) is 37.4 Å². The Balaban J connectivity index is 1.46. The van der Waals surface area contributed by atoms with Gasteiger partial charge in [0.2, 0.25) is 0 Å². The molecule has 34 heavy (non-hydrogen) atoms. The van der Waals surface area contributed by atoms with Crippen LogP contribution in [0.4, 0.5) is 0 Å². The molecule has 4 atom stereocenters. The molecular formula is C27H48O7. The Kier molecular flexibility index (Phi) is 11.1. The van der Waals surface area contributed by atoms with Crippen LogP contribution in [0.1, 0.15) is 91.9 Å². The third-order valence-corrected chi connectivity index (χ3v) is 7.57. The van der Waals surface area contributed by atoms with Crippen LogP contribution in [-0.4, -0.2) is 63.8 Å². The molecule has 4 unspecified atom stereocenters. The quantitative estimate of drug-likeness (QED) is 0.150. The number of carbonyl (C=O) groups excluding carboxylic acids is 1. The number of hydrogen-bond acceptors (Lipinski definition) is 7. The van der Waals surface area contributed by atoms with E-state index in [4.69, 9.17) is 28.4 Å². The maximum absolute atomic E-state index is 13.4. The topological polar surface area (TPSA) is 72.5 Å². The number of rotatable bonds is 18. The van der Waals surface area contributed by atoms with Crippen molar-refractivity contribution in [2.45, 2.75) is 110 Å². The standard InChI is InChI=1S/C27H48O7/c1-5-7-9-29-11-13-31-21(3)33-25(28)26-16-23-15-24(17-26)19-27(18-23,20-26)34-22(4)32-14-12-30-10-8-6-2/h21-24H,5-20H2,1-4H3. The van der Waals surface area contributed by atoms with E-state index < -0.39 is 11.7 Å². The maximum Gasteiger partial charge on any atom is 0.314 e. The van der Waals surface area contributed by atoms with Crippen LogP contribution in [0, 0.1) is 17.3 Å². The first kappa shape index (κ1) is 27.9. The van der Waals surface area contributed by atoms with Gasteiger partial charge in [-0.1, -0.05) is 26.7 Å². The lowest BCUT2D eigenvalue weighted by molar-refractivity contribution is -0.270. The number of hydrogen-bond donors (Lipinski definition) is 0. The Morgan fingerprint density at radius 1 is 0.794 bits per heavy atom. The predicted molar refractivity (Wildman–Crippen MR) is 129 cm³/mol. The Morgan fingerprint density at radius 2 is 1.35 bits per heavy atom. The van der Waals surface area contributed by atoms with Crippen molar-refractivity contribution in [3.05, 3.63) is 0 Å². The smallest absolute Gasteiger partial charge is 0.314 e. The second-order valence-electron chi connectivity index (χ2n) is 10.8. The van der Waals surface area contributed by atoms with Crippen LogP contribution in [0.2, 0.25) is 0 Å². The number of ether oxygens (including phenoxy) is 6. The van der Waals surface area contributed by atoms with E-state index in [2.05, 4.69) is 13.8 Å². The van der Waals surface area contributed by atoms with E-state index in [1.807, 2.05) is 6.92 Å². The fraction of sp³-hybridized carbons (Fsp3) is 0.963. The average Bonchev–Trinajstić information content (AvgIpc) is 2.77. The fourth-order valence-electron chi connectivity index (χ4n) is 6.49. The number of unbranched alkanes of at least 4 members (excludes halogenated alkanes) is 2. The molecule has 0 aromatic heterocycles. The zero-order valence-corrected chi connectivity index (χ0v) is 22.0. The van der Waals surface area contributed by atoms with Gasteiger partial charge in [-0.25, -0.2) is 0 Å². The molecule has 0 saturated heterocycles. The normalized spacial score (nSPS) is 31.5. The first-order valence-electron chi connectivity index (χ1n) is 13.7. The van der Waals surface area contributed by atoms with Crippen LogP contribution >= 0.6 is 0 Å². The van der Waals surface area contributed by atoms with Gasteiger partial charge in [0.1, 0.15) is 0 Å². The monoisotopic (exact) mass is 484 g/mol. The fourth-order valence-corrected chi connectivity index (χ4v) is 6.49. The molecule has 198 valence electrons.